The molecule has 1 N–H and O–H groups in total. The van der Waals surface area contributed by atoms with Gasteiger partial charge in [0, 0.05) is 19.1 Å². The van der Waals surface area contributed by atoms with E-state index in [2.05, 4.69) is 17.3 Å². The van der Waals surface area contributed by atoms with Crippen LogP contribution in [-0.2, 0) is 0 Å². The van der Waals surface area contributed by atoms with E-state index in [1.54, 1.807) is 0 Å². The first-order valence-corrected chi connectivity index (χ1v) is 4.28. The lowest BCUT2D eigenvalue weighted by Gasteiger charge is -2.24. The van der Waals surface area contributed by atoms with E-state index in [1.165, 1.54) is 32.5 Å². The summed E-state index contributed by atoms with van der Waals surface area (Å²) in [6.45, 7) is 3.83. The number of hydrogen-bond acceptors (Lipinski definition) is 2. The van der Waals surface area contributed by atoms with Crippen LogP contribution in [0, 0.1) is 5.92 Å². The molecular formula is C8H16N2. The molecule has 0 bridgehead atoms. The van der Waals surface area contributed by atoms with Crippen LogP contribution in [0.1, 0.15) is 12.8 Å². The highest BCUT2D eigenvalue weighted by Crippen LogP contribution is 2.23. The van der Waals surface area contributed by atoms with Crippen molar-refractivity contribution >= 4 is 0 Å². The molecule has 0 aromatic heterocycles. The molecule has 2 heterocycles. The minimum atomic E-state index is 0.818. The van der Waals surface area contributed by atoms with Crippen molar-refractivity contribution in [2.24, 2.45) is 5.92 Å². The highest BCUT2D eigenvalue weighted by Gasteiger charge is 2.31. The molecule has 0 saturated carbocycles. The standard InChI is InChI=1S/C8H16N2/c1-10-5-7-3-2-4-9-8(7)6-10/h7-9H,2-6H2,1H3/t7?,8-/m1/s1. The Morgan fingerprint density at radius 1 is 1.40 bits per heavy atom. The van der Waals surface area contributed by atoms with Crippen molar-refractivity contribution < 1.29 is 0 Å². The van der Waals surface area contributed by atoms with Gasteiger partial charge < -0.3 is 10.2 Å². The van der Waals surface area contributed by atoms with Crippen LogP contribution >= 0.6 is 0 Å². The van der Waals surface area contributed by atoms with E-state index in [0.717, 1.165) is 12.0 Å². The van der Waals surface area contributed by atoms with Crippen molar-refractivity contribution in [1.29, 1.82) is 0 Å². The molecule has 58 valence electrons. The predicted octanol–water partition coefficient (Wildman–Crippen LogP) is 0.300. The monoisotopic (exact) mass is 140 g/mol. The van der Waals surface area contributed by atoms with Gasteiger partial charge in [0.2, 0.25) is 0 Å². The van der Waals surface area contributed by atoms with Crippen LogP contribution in [0.5, 0.6) is 0 Å². The number of hydrogen-bond donors (Lipinski definition) is 1. The summed E-state index contributed by atoms with van der Waals surface area (Å²) in [5, 5.41) is 3.57. The third-order valence-electron chi connectivity index (χ3n) is 2.78. The van der Waals surface area contributed by atoms with Crippen molar-refractivity contribution in [3.05, 3.63) is 0 Å². The first-order valence-electron chi connectivity index (χ1n) is 4.28. The van der Waals surface area contributed by atoms with Crippen LogP contribution in [-0.4, -0.2) is 37.6 Å². The smallest absolute Gasteiger partial charge is 0.0235 e. The number of likely N-dealkylation sites (tertiary alicyclic amines) is 1. The molecule has 0 aromatic rings. The van der Waals surface area contributed by atoms with Gasteiger partial charge in [-0.3, -0.25) is 0 Å². The van der Waals surface area contributed by atoms with Crippen molar-refractivity contribution in [3.8, 4) is 0 Å². The maximum absolute atomic E-state index is 3.57. The molecule has 0 radical (unpaired) electrons. The molecule has 2 aliphatic rings. The van der Waals surface area contributed by atoms with Crippen LogP contribution in [0.25, 0.3) is 0 Å². The van der Waals surface area contributed by atoms with Crippen molar-refractivity contribution in [2.45, 2.75) is 18.9 Å². The molecule has 0 aliphatic carbocycles. The second-order valence-electron chi connectivity index (χ2n) is 3.68. The lowest BCUT2D eigenvalue weighted by atomic mass is 9.94. The van der Waals surface area contributed by atoms with Crippen LogP contribution in [0.2, 0.25) is 0 Å². The average Bonchev–Trinajstić information content (AvgIpc) is 2.27. The molecule has 10 heavy (non-hydrogen) atoms. The first-order chi connectivity index (χ1) is 4.86. The number of likely N-dealkylation sites (N-methyl/N-ethyl adjacent to an activating group) is 1. The van der Waals surface area contributed by atoms with Gasteiger partial charge in [0.15, 0.2) is 0 Å². The van der Waals surface area contributed by atoms with Gasteiger partial charge in [-0.2, -0.15) is 0 Å². The Bertz CT molecular complexity index is 110. The summed E-state index contributed by atoms with van der Waals surface area (Å²) in [6, 6.07) is 0.818. The Balaban J connectivity index is 1.97. The molecule has 2 saturated heterocycles. The van der Waals surface area contributed by atoms with E-state index < -0.39 is 0 Å². The fraction of sp³-hybridized carbons (Fsp3) is 1.00. The quantitative estimate of drug-likeness (QED) is 0.520. The van der Waals surface area contributed by atoms with Gasteiger partial charge in [-0.05, 0) is 32.4 Å². The fourth-order valence-electron chi connectivity index (χ4n) is 2.26. The van der Waals surface area contributed by atoms with E-state index in [9.17, 15) is 0 Å². The zero-order chi connectivity index (χ0) is 6.97. The summed E-state index contributed by atoms with van der Waals surface area (Å²) in [7, 11) is 2.22. The summed E-state index contributed by atoms with van der Waals surface area (Å²) < 4.78 is 0. The van der Waals surface area contributed by atoms with Crippen LogP contribution in [0.15, 0.2) is 0 Å². The van der Waals surface area contributed by atoms with E-state index >= 15 is 0 Å². The molecule has 2 rings (SSSR count). The molecule has 0 aromatic carbocycles. The Morgan fingerprint density at radius 3 is 3.10 bits per heavy atom. The highest BCUT2D eigenvalue weighted by atomic mass is 15.2. The van der Waals surface area contributed by atoms with E-state index in [1.807, 2.05) is 0 Å². The Hall–Kier alpha value is -0.0800. The zero-order valence-electron chi connectivity index (χ0n) is 6.64. The van der Waals surface area contributed by atoms with Crippen LogP contribution in [0.4, 0.5) is 0 Å². The molecule has 1 unspecified atom stereocenters. The highest BCUT2D eigenvalue weighted by molar-refractivity contribution is 4.90. The largest absolute Gasteiger partial charge is 0.312 e. The second kappa shape index (κ2) is 2.51. The van der Waals surface area contributed by atoms with Gasteiger partial charge >= 0.3 is 0 Å². The van der Waals surface area contributed by atoms with Gasteiger partial charge in [0.05, 0.1) is 0 Å². The number of piperidine rings is 1. The summed E-state index contributed by atoms with van der Waals surface area (Å²) in [5.74, 6) is 0.957. The van der Waals surface area contributed by atoms with Gasteiger partial charge in [-0.25, -0.2) is 0 Å². The SMILES string of the molecule is CN1CC2CCCN[C@@H]2C1. The minimum absolute atomic E-state index is 0.818. The molecule has 2 atom stereocenters. The second-order valence-corrected chi connectivity index (χ2v) is 3.68. The molecule has 0 amide bonds. The lowest BCUT2D eigenvalue weighted by molar-refractivity contribution is 0.338. The summed E-state index contributed by atoms with van der Waals surface area (Å²) in [4.78, 5) is 2.44. The third kappa shape index (κ3) is 1.06. The van der Waals surface area contributed by atoms with Gasteiger partial charge in [0.1, 0.15) is 0 Å². The zero-order valence-corrected chi connectivity index (χ0v) is 6.64. The third-order valence-corrected chi connectivity index (χ3v) is 2.78. The first kappa shape index (κ1) is 6.62. The number of rotatable bonds is 0. The maximum atomic E-state index is 3.57. The normalized spacial score (nSPS) is 41.7. The maximum Gasteiger partial charge on any atom is 0.0235 e. The predicted molar refractivity (Wildman–Crippen MR) is 42.0 cm³/mol. The van der Waals surface area contributed by atoms with Crippen molar-refractivity contribution in [2.75, 3.05) is 26.7 Å². The van der Waals surface area contributed by atoms with E-state index in [-0.39, 0.29) is 0 Å². The Kier molecular flexibility index (Phi) is 1.66. The van der Waals surface area contributed by atoms with Crippen molar-refractivity contribution in [1.82, 2.24) is 10.2 Å². The minimum Gasteiger partial charge on any atom is -0.312 e. The lowest BCUT2D eigenvalue weighted by Crippen LogP contribution is -2.40. The topological polar surface area (TPSA) is 15.3 Å². The molecule has 2 aliphatic heterocycles. The Labute approximate surface area is 62.6 Å². The number of nitrogens with one attached hydrogen (secondary N) is 1. The molecule has 2 fully saturated rings. The van der Waals surface area contributed by atoms with E-state index in [4.69, 9.17) is 0 Å². The summed E-state index contributed by atoms with van der Waals surface area (Å²) in [5.41, 5.74) is 0. The Morgan fingerprint density at radius 2 is 2.30 bits per heavy atom. The van der Waals surface area contributed by atoms with Gasteiger partial charge in [-0.1, -0.05) is 0 Å². The summed E-state index contributed by atoms with van der Waals surface area (Å²) in [6.07, 6.45) is 2.83. The molecule has 2 nitrogen and oxygen atoms in total. The van der Waals surface area contributed by atoms with Gasteiger partial charge in [-0.15, -0.1) is 0 Å². The molecule has 2 heteroatoms. The summed E-state index contributed by atoms with van der Waals surface area (Å²) >= 11 is 0. The molecule has 0 spiro atoms. The van der Waals surface area contributed by atoms with Crippen LogP contribution < -0.4 is 5.32 Å². The van der Waals surface area contributed by atoms with Crippen molar-refractivity contribution in [3.63, 3.8) is 0 Å². The van der Waals surface area contributed by atoms with Crippen LogP contribution in [0.3, 0.4) is 0 Å². The number of fused-ring (bicyclic) bond motifs is 1. The molecular weight excluding hydrogens is 124 g/mol. The number of nitrogens with zero attached hydrogens (tertiary/aromatic N) is 1. The fourth-order valence-corrected chi connectivity index (χ4v) is 2.26. The van der Waals surface area contributed by atoms with Gasteiger partial charge in [0.25, 0.3) is 0 Å². The average molecular weight is 140 g/mol. The van der Waals surface area contributed by atoms with E-state index in [0.29, 0.717) is 0 Å².